The molecule has 0 aromatic heterocycles. The number of hydrogen-bond donors (Lipinski definition) is 0. The van der Waals surface area contributed by atoms with E-state index in [4.69, 9.17) is 14.2 Å². The Morgan fingerprint density at radius 3 is 1.05 bits per heavy atom. The Morgan fingerprint density at radius 2 is 0.667 bits per heavy atom. The van der Waals surface area contributed by atoms with Gasteiger partial charge in [0.25, 0.3) is 0 Å². The van der Waals surface area contributed by atoms with Gasteiger partial charge in [-0.15, -0.1) is 0 Å². The van der Waals surface area contributed by atoms with Crippen molar-refractivity contribution in [2.75, 3.05) is 13.2 Å². The highest BCUT2D eigenvalue weighted by Crippen LogP contribution is 2.13. The predicted octanol–water partition coefficient (Wildman–Crippen LogP) is 16.0. The van der Waals surface area contributed by atoms with Gasteiger partial charge >= 0.3 is 17.9 Å². The van der Waals surface area contributed by atoms with E-state index in [2.05, 4.69) is 106 Å². The third-order valence-electron chi connectivity index (χ3n) is 10.2. The second-order valence-corrected chi connectivity index (χ2v) is 16.1. The fourth-order valence-electron chi connectivity index (χ4n) is 6.55. The molecule has 1 unspecified atom stereocenters. The minimum atomic E-state index is -0.798. The number of ether oxygens (including phenoxy) is 3. The van der Waals surface area contributed by atoms with Crippen molar-refractivity contribution >= 4 is 17.9 Å². The number of esters is 3. The van der Waals surface area contributed by atoms with Crippen LogP contribution in [0.1, 0.15) is 220 Å². The molecule has 0 aliphatic heterocycles. The smallest absolute Gasteiger partial charge is 0.306 e. The first-order chi connectivity index (χ1) is 29.5. The minimum absolute atomic E-state index is 0.0969. The molecule has 0 aromatic rings. The number of allylic oxidation sites excluding steroid dienone is 14. The van der Waals surface area contributed by atoms with E-state index in [1.54, 1.807) is 0 Å². The molecule has 0 bridgehead atoms. The normalized spacial score (nSPS) is 12.8. The molecule has 0 radical (unpaired) electrons. The summed E-state index contributed by atoms with van der Waals surface area (Å²) in [4.78, 5) is 37.9. The first-order valence-electron chi connectivity index (χ1n) is 24.7. The average Bonchev–Trinajstić information content (AvgIpc) is 3.24. The molecular weight excluding hydrogens is 745 g/mol. The fourth-order valence-corrected chi connectivity index (χ4v) is 6.55. The summed E-state index contributed by atoms with van der Waals surface area (Å²) in [7, 11) is 0. The van der Waals surface area contributed by atoms with E-state index < -0.39 is 6.10 Å². The van der Waals surface area contributed by atoms with Gasteiger partial charge in [0, 0.05) is 19.3 Å². The van der Waals surface area contributed by atoms with Crippen LogP contribution in [0.25, 0.3) is 0 Å². The number of rotatable bonds is 43. The lowest BCUT2D eigenvalue weighted by Crippen LogP contribution is -2.30. The molecule has 0 spiro atoms. The van der Waals surface area contributed by atoms with Gasteiger partial charge in [0.05, 0.1) is 0 Å². The molecule has 0 aliphatic carbocycles. The zero-order valence-electron chi connectivity index (χ0n) is 38.9. The highest BCUT2D eigenvalue weighted by Gasteiger charge is 2.19. The second kappa shape index (κ2) is 48.3. The maximum Gasteiger partial charge on any atom is 0.306 e. The zero-order valence-corrected chi connectivity index (χ0v) is 38.9. The van der Waals surface area contributed by atoms with Crippen LogP contribution in [-0.2, 0) is 28.6 Å². The molecule has 0 saturated heterocycles. The van der Waals surface area contributed by atoms with E-state index in [0.29, 0.717) is 19.3 Å². The Balaban J connectivity index is 4.45. The molecule has 0 heterocycles. The maximum atomic E-state index is 12.8. The lowest BCUT2D eigenvalue weighted by atomic mass is 10.1. The van der Waals surface area contributed by atoms with Crippen LogP contribution >= 0.6 is 0 Å². The van der Waals surface area contributed by atoms with Gasteiger partial charge in [-0.3, -0.25) is 14.4 Å². The summed E-state index contributed by atoms with van der Waals surface area (Å²) in [6.07, 6.45) is 61.4. The van der Waals surface area contributed by atoms with Crippen LogP contribution < -0.4 is 0 Å². The van der Waals surface area contributed by atoms with Crippen molar-refractivity contribution < 1.29 is 28.6 Å². The average molecular weight is 835 g/mol. The van der Waals surface area contributed by atoms with Crippen LogP contribution in [0.3, 0.4) is 0 Å². The van der Waals surface area contributed by atoms with Crippen molar-refractivity contribution in [3.05, 3.63) is 85.1 Å². The van der Waals surface area contributed by atoms with Crippen molar-refractivity contribution in [1.29, 1.82) is 0 Å². The van der Waals surface area contributed by atoms with Crippen LogP contribution in [-0.4, -0.2) is 37.2 Å². The van der Waals surface area contributed by atoms with Crippen molar-refractivity contribution in [3.8, 4) is 0 Å². The maximum absolute atomic E-state index is 12.8. The molecule has 6 nitrogen and oxygen atoms in total. The van der Waals surface area contributed by atoms with E-state index >= 15 is 0 Å². The van der Waals surface area contributed by atoms with Gasteiger partial charge in [-0.25, -0.2) is 0 Å². The summed E-state index contributed by atoms with van der Waals surface area (Å²) in [5, 5.41) is 0. The number of hydrogen-bond acceptors (Lipinski definition) is 6. The van der Waals surface area contributed by atoms with Gasteiger partial charge in [0.2, 0.25) is 0 Å². The first kappa shape index (κ1) is 56.6. The molecule has 0 amide bonds. The minimum Gasteiger partial charge on any atom is -0.462 e. The van der Waals surface area contributed by atoms with Crippen LogP contribution in [0.4, 0.5) is 0 Å². The molecule has 0 N–H and O–H groups in total. The van der Waals surface area contributed by atoms with Gasteiger partial charge in [0.1, 0.15) is 13.2 Å². The Bertz CT molecular complexity index is 1190. The summed E-state index contributed by atoms with van der Waals surface area (Å²) in [6, 6.07) is 0. The molecular formula is C54H90O6. The molecule has 1 atom stereocenters. The number of carbonyl (C=O) groups is 3. The standard InChI is InChI=1S/C54H90O6/c1-4-7-10-13-16-19-22-25-26-27-30-32-35-38-41-44-47-53(56)59-50-51(60-54(57)48-45-42-39-36-33-29-24-21-18-15-12-9-6-3)49-58-52(55)46-43-40-37-34-31-28-23-20-17-14-11-8-5-2/h8-9,11-12,14-15,17-18,20-21,23-24,26-27,51H,4-7,10,13,16,19,22,25,28-50H2,1-3H3/b11-8-,12-9-,17-14-,18-15-,23-20-,24-21-,27-26-. The second-order valence-electron chi connectivity index (χ2n) is 16.1. The Morgan fingerprint density at radius 1 is 0.350 bits per heavy atom. The third kappa shape index (κ3) is 45.7. The first-order valence-corrected chi connectivity index (χ1v) is 24.7. The predicted molar refractivity (Wildman–Crippen MR) is 256 cm³/mol. The molecule has 342 valence electrons. The lowest BCUT2D eigenvalue weighted by molar-refractivity contribution is -0.167. The van der Waals surface area contributed by atoms with Crippen molar-refractivity contribution in [2.45, 2.75) is 226 Å². The molecule has 0 rings (SSSR count). The van der Waals surface area contributed by atoms with Gasteiger partial charge in [-0.2, -0.15) is 0 Å². The van der Waals surface area contributed by atoms with E-state index in [1.807, 2.05) is 0 Å². The summed E-state index contributed by atoms with van der Waals surface area (Å²) < 4.78 is 16.7. The molecule has 0 aromatic carbocycles. The van der Waals surface area contributed by atoms with E-state index in [0.717, 1.165) is 116 Å². The molecule has 60 heavy (non-hydrogen) atoms. The van der Waals surface area contributed by atoms with Gasteiger partial charge in [-0.1, -0.05) is 202 Å². The van der Waals surface area contributed by atoms with Crippen LogP contribution in [0.5, 0.6) is 0 Å². The van der Waals surface area contributed by atoms with Gasteiger partial charge < -0.3 is 14.2 Å². The van der Waals surface area contributed by atoms with Crippen LogP contribution in [0.2, 0.25) is 0 Å². The number of carbonyl (C=O) groups excluding carboxylic acids is 3. The van der Waals surface area contributed by atoms with Gasteiger partial charge in [-0.05, 0) is 83.5 Å². The highest BCUT2D eigenvalue weighted by molar-refractivity contribution is 5.71. The molecule has 0 saturated carbocycles. The van der Waals surface area contributed by atoms with Crippen LogP contribution in [0, 0.1) is 0 Å². The van der Waals surface area contributed by atoms with E-state index in [1.165, 1.54) is 64.2 Å². The monoisotopic (exact) mass is 835 g/mol. The summed E-state index contributed by atoms with van der Waals surface area (Å²) >= 11 is 0. The summed E-state index contributed by atoms with van der Waals surface area (Å²) in [6.45, 7) is 6.32. The van der Waals surface area contributed by atoms with Gasteiger partial charge in [0.15, 0.2) is 6.10 Å². The number of unbranched alkanes of at least 4 members (excludes halogenated alkanes) is 22. The summed E-state index contributed by atoms with van der Waals surface area (Å²) in [5.41, 5.74) is 0. The van der Waals surface area contributed by atoms with Crippen molar-refractivity contribution in [1.82, 2.24) is 0 Å². The molecule has 6 heteroatoms. The fraction of sp³-hybridized carbons (Fsp3) is 0.685. The zero-order chi connectivity index (χ0) is 43.7. The van der Waals surface area contributed by atoms with Crippen molar-refractivity contribution in [3.63, 3.8) is 0 Å². The Kier molecular flexibility index (Phi) is 45.5. The largest absolute Gasteiger partial charge is 0.462 e. The summed E-state index contributed by atoms with van der Waals surface area (Å²) in [5.74, 6) is -0.950. The quantitative estimate of drug-likeness (QED) is 0.0200. The molecule has 0 aliphatic rings. The third-order valence-corrected chi connectivity index (χ3v) is 10.2. The van der Waals surface area contributed by atoms with E-state index in [-0.39, 0.29) is 31.1 Å². The Hall–Kier alpha value is -3.41. The topological polar surface area (TPSA) is 78.9 Å². The van der Waals surface area contributed by atoms with E-state index in [9.17, 15) is 14.4 Å². The van der Waals surface area contributed by atoms with Crippen molar-refractivity contribution in [2.24, 2.45) is 0 Å². The van der Waals surface area contributed by atoms with Crippen LogP contribution in [0.15, 0.2) is 85.1 Å². The lowest BCUT2D eigenvalue weighted by Gasteiger charge is -2.18. The Labute approximate surface area is 369 Å². The SMILES string of the molecule is CC\C=C/C=C\C=C/CCCCCCCC(=O)OCC(COC(=O)CCCCCCC/C=C\CCCCCCCCC)OC(=O)CCCCCCC\C=C/C=C\C=C/CC. The molecule has 0 fully saturated rings. The highest BCUT2D eigenvalue weighted by atomic mass is 16.6.